The van der Waals surface area contributed by atoms with Gasteiger partial charge in [0.1, 0.15) is 5.70 Å². The summed E-state index contributed by atoms with van der Waals surface area (Å²) < 4.78 is 0. The smallest absolute Gasteiger partial charge is 0.267 e. The molecule has 0 fully saturated rings. The minimum absolute atomic E-state index is 0.251. The Labute approximate surface area is 58.1 Å². The lowest BCUT2D eigenvalue weighted by molar-refractivity contribution is -0.114. The van der Waals surface area contributed by atoms with Crippen LogP contribution >= 0.6 is 0 Å². The molecule has 1 amide bonds. The number of allylic oxidation sites excluding steroid dienone is 2. The van der Waals surface area contributed by atoms with Crippen LogP contribution in [0.15, 0.2) is 29.0 Å². The summed E-state index contributed by atoms with van der Waals surface area (Å²) in [6.07, 6.45) is 6.26. The van der Waals surface area contributed by atoms with E-state index in [0.717, 1.165) is 0 Å². The van der Waals surface area contributed by atoms with Crippen molar-refractivity contribution in [3.63, 3.8) is 0 Å². The Hall–Kier alpha value is -1.58. The Morgan fingerprint density at radius 3 is 3.20 bits per heavy atom. The first-order valence-electron chi connectivity index (χ1n) is 2.76. The van der Waals surface area contributed by atoms with Crippen molar-refractivity contribution in [3.05, 3.63) is 24.0 Å². The van der Waals surface area contributed by atoms with E-state index in [1.54, 1.807) is 18.4 Å². The quantitative estimate of drug-likeness (QED) is 0.511. The Bertz CT molecular complexity index is 227. The molecule has 3 N–H and O–H groups in total. The molecule has 1 aliphatic rings. The average molecular weight is 137 g/mol. The predicted molar refractivity (Wildman–Crippen MR) is 38.0 cm³/mol. The normalized spacial score (nSPS) is 15.4. The summed E-state index contributed by atoms with van der Waals surface area (Å²) in [5.41, 5.74) is 5.21. The SMILES string of the molecule is NC(=O)C1=CC=CNC=N1. The number of rotatable bonds is 1. The molecule has 0 bridgehead atoms. The van der Waals surface area contributed by atoms with Crippen LogP contribution in [-0.2, 0) is 4.79 Å². The Morgan fingerprint density at radius 2 is 2.50 bits per heavy atom. The second-order valence-corrected chi connectivity index (χ2v) is 1.70. The molecule has 10 heavy (non-hydrogen) atoms. The molecule has 4 heteroatoms. The number of nitrogens with two attached hydrogens (primary N) is 1. The zero-order valence-corrected chi connectivity index (χ0v) is 5.24. The molecular formula is C6H7N3O. The molecule has 0 spiro atoms. The van der Waals surface area contributed by atoms with Gasteiger partial charge in [-0.3, -0.25) is 4.79 Å². The number of carbonyl (C=O) groups is 1. The number of primary amides is 1. The van der Waals surface area contributed by atoms with E-state index in [-0.39, 0.29) is 5.70 Å². The number of nitrogens with zero attached hydrogens (tertiary/aromatic N) is 1. The minimum Gasteiger partial charge on any atom is -0.364 e. The number of hydrogen-bond donors (Lipinski definition) is 2. The van der Waals surface area contributed by atoms with E-state index in [4.69, 9.17) is 5.73 Å². The Balaban J connectivity index is 2.83. The largest absolute Gasteiger partial charge is 0.364 e. The highest BCUT2D eigenvalue weighted by molar-refractivity contribution is 5.93. The van der Waals surface area contributed by atoms with E-state index in [1.165, 1.54) is 6.34 Å². The van der Waals surface area contributed by atoms with Gasteiger partial charge in [-0.1, -0.05) is 0 Å². The number of aliphatic imine (C=N–C) groups is 1. The standard InChI is InChI=1S/C6H7N3O/c7-6(10)5-2-1-3-8-4-9-5/h1-4H,(H2,7,10)(H,8,9). The lowest BCUT2D eigenvalue weighted by Gasteiger charge is -1.89. The van der Waals surface area contributed by atoms with Crippen molar-refractivity contribution in [1.82, 2.24) is 5.32 Å². The predicted octanol–water partition coefficient (Wildman–Crippen LogP) is -0.499. The van der Waals surface area contributed by atoms with Gasteiger partial charge in [0.05, 0.1) is 6.34 Å². The van der Waals surface area contributed by atoms with Crippen molar-refractivity contribution < 1.29 is 4.79 Å². The number of nitrogens with one attached hydrogen (secondary N) is 1. The van der Waals surface area contributed by atoms with E-state index in [0.29, 0.717) is 0 Å². The van der Waals surface area contributed by atoms with E-state index in [2.05, 4.69) is 10.3 Å². The van der Waals surface area contributed by atoms with E-state index in [9.17, 15) is 4.79 Å². The molecule has 0 aromatic heterocycles. The number of amides is 1. The molecule has 1 heterocycles. The molecule has 52 valence electrons. The van der Waals surface area contributed by atoms with Crippen LogP contribution in [0.5, 0.6) is 0 Å². The molecule has 0 radical (unpaired) electrons. The van der Waals surface area contributed by atoms with Crippen molar-refractivity contribution in [2.75, 3.05) is 0 Å². The third-order valence-corrected chi connectivity index (χ3v) is 0.977. The van der Waals surface area contributed by atoms with Crippen molar-refractivity contribution in [3.8, 4) is 0 Å². The summed E-state index contributed by atoms with van der Waals surface area (Å²) in [4.78, 5) is 14.2. The summed E-state index contributed by atoms with van der Waals surface area (Å²) >= 11 is 0. The molecule has 0 saturated heterocycles. The Morgan fingerprint density at radius 1 is 1.70 bits per heavy atom. The fourth-order valence-corrected chi connectivity index (χ4v) is 0.533. The highest BCUT2D eigenvalue weighted by atomic mass is 16.1. The average Bonchev–Trinajstić information content (AvgIpc) is 2.12. The third-order valence-electron chi connectivity index (χ3n) is 0.977. The van der Waals surface area contributed by atoms with E-state index in [1.807, 2.05) is 0 Å². The molecule has 4 nitrogen and oxygen atoms in total. The highest BCUT2D eigenvalue weighted by Crippen LogP contribution is 1.95. The van der Waals surface area contributed by atoms with Crippen molar-refractivity contribution >= 4 is 12.2 Å². The highest BCUT2D eigenvalue weighted by Gasteiger charge is 1.99. The van der Waals surface area contributed by atoms with Crippen LogP contribution < -0.4 is 11.1 Å². The maximum Gasteiger partial charge on any atom is 0.267 e. The van der Waals surface area contributed by atoms with E-state index >= 15 is 0 Å². The summed E-state index contributed by atoms with van der Waals surface area (Å²) in [5.74, 6) is -0.524. The number of hydrogen-bond acceptors (Lipinski definition) is 3. The Kier molecular flexibility index (Phi) is 1.84. The van der Waals surface area contributed by atoms with Gasteiger partial charge in [0, 0.05) is 6.20 Å². The molecule has 0 aliphatic carbocycles. The minimum atomic E-state index is -0.524. The zero-order valence-electron chi connectivity index (χ0n) is 5.24. The van der Waals surface area contributed by atoms with Crippen LogP contribution in [0.25, 0.3) is 0 Å². The van der Waals surface area contributed by atoms with Gasteiger partial charge in [-0.2, -0.15) is 0 Å². The second-order valence-electron chi connectivity index (χ2n) is 1.70. The van der Waals surface area contributed by atoms with Crippen molar-refractivity contribution in [2.45, 2.75) is 0 Å². The first kappa shape index (κ1) is 6.54. The molecule has 0 saturated carbocycles. The fraction of sp³-hybridized carbons (Fsp3) is 0. The molecule has 0 aromatic carbocycles. The van der Waals surface area contributed by atoms with Crippen LogP contribution in [0.4, 0.5) is 0 Å². The summed E-state index contributed by atoms with van der Waals surface area (Å²) in [6.45, 7) is 0. The van der Waals surface area contributed by atoms with Gasteiger partial charge in [0.25, 0.3) is 5.91 Å². The zero-order chi connectivity index (χ0) is 7.40. The summed E-state index contributed by atoms with van der Waals surface area (Å²) in [5, 5.41) is 2.70. The van der Waals surface area contributed by atoms with Crippen LogP contribution in [0, 0.1) is 0 Å². The molecular weight excluding hydrogens is 130 g/mol. The maximum absolute atomic E-state index is 10.5. The first-order chi connectivity index (χ1) is 4.80. The lowest BCUT2D eigenvalue weighted by atomic mass is 10.4. The number of carbonyl (C=O) groups excluding carboxylic acids is 1. The van der Waals surface area contributed by atoms with E-state index < -0.39 is 5.91 Å². The summed E-state index contributed by atoms with van der Waals surface area (Å²) in [7, 11) is 0. The van der Waals surface area contributed by atoms with Crippen LogP contribution in [0.3, 0.4) is 0 Å². The van der Waals surface area contributed by atoms with Gasteiger partial charge in [0.2, 0.25) is 0 Å². The van der Waals surface area contributed by atoms with Gasteiger partial charge in [0.15, 0.2) is 0 Å². The van der Waals surface area contributed by atoms with Gasteiger partial charge in [-0.05, 0) is 12.2 Å². The maximum atomic E-state index is 10.5. The molecule has 1 rings (SSSR count). The van der Waals surface area contributed by atoms with Gasteiger partial charge in [-0.25, -0.2) is 4.99 Å². The van der Waals surface area contributed by atoms with Gasteiger partial charge < -0.3 is 11.1 Å². The first-order valence-corrected chi connectivity index (χ1v) is 2.76. The fourth-order valence-electron chi connectivity index (χ4n) is 0.533. The van der Waals surface area contributed by atoms with Crippen LogP contribution in [-0.4, -0.2) is 12.2 Å². The molecule has 0 unspecified atom stereocenters. The topological polar surface area (TPSA) is 67.5 Å². The van der Waals surface area contributed by atoms with Crippen molar-refractivity contribution in [2.24, 2.45) is 10.7 Å². The van der Waals surface area contributed by atoms with Crippen LogP contribution in [0.1, 0.15) is 0 Å². The monoisotopic (exact) mass is 137 g/mol. The molecule has 0 aromatic rings. The summed E-state index contributed by atoms with van der Waals surface area (Å²) in [6, 6.07) is 0. The van der Waals surface area contributed by atoms with Crippen LogP contribution in [0.2, 0.25) is 0 Å². The van der Waals surface area contributed by atoms with Crippen molar-refractivity contribution in [1.29, 1.82) is 0 Å². The molecule has 0 atom stereocenters. The third kappa shape index (κ3) is 1.45. The lowest BCUT2D eigenvalue weighted by Crippen LogP contribution is -2.12. The molecule has 1 aliphatic heterocycles. The van der Waals surface area contributed by atoms with Gasteiger partial charge >= 0.3 is 0 Å². The van der Waals surface area contributed by atoms with Gasteiger partial charge in [-0.15, -0.1) is 0 Å². The second kappa shape index (κ2) is 2.82.